The second-order valence-electron chi connectivity index (χ2n) is 30.4. The van der Waals surface area contributed by atoms with Gasteiger partial charge in [0.1, 0.15) is 19.3 Å². The first-order chi connectivity index (χ1) is 48.3. The molecule has 6 atom stereocenters. The predicted molar refractivity (Wildman–Crippen MR) is 409 cm³/mol. The van der Waals surface area contributed by atoms with Crippen molar-refractivity contribution in [3.63, 3.8) is 0 Å². The molecule has 3 N–H and O–H groups in total. The average Bonchev–Trinajstić information content (AvgIpc) is 0.987. The fourth-order valence-electron chi connectivity index (χ4n) is 12.5. The van der Waals surface area contributed by atoms with Crippen LogP contribution in [0.3, 0.4) is 0 Å². The molecule has 0 aromatic carbocycles. The topological polar surface area (TPSA) is 237 Å². The zero-order chi connectivity index (χ0) is 73.7. The van der Waals surface area contributed by atoms with Gasteiger partial charge in [-0.1, -0.05) is 370 Å². The summed E-state index contributed by atoms with van der Waals surface area (Å²) >= 11 is 0. The van der Waals surface area contributed by atoms with E-state index in [1.165, 1.54) is 225 Å². The highest BCUT2D eigenvalue weighted by Crippen LogP contribution is 2.45. The molecular weight excluding hydrogens is 1310 g/mol. The second kappa shape index (κ2) is 71.3. The lowest BCUT2D eigenvalue weighted by atomic mass is 10.00. The summed E-state index contributed by atoms with van der Waals surface area (Å²) in [5, 5.41) is 10.6. The third kappa shape index (κ3) is 73.0. The van der Waals surface area contributed by atoms with Gasteiger partial charge >= 0.3 is 39.5 Å². The van der Waals surface area contributed by atoms with Gasteiger partial charge in [0, 0.05) is 25.7 Å². The van der Waals surface area contributed by atoms with Crippen LogP contribution in [0.1, 0.15) is 421 Å². The third-order valence-electron chi connectivity index (χ3n) is 19.2. The molecule has 0 aliphatic carbocycles. The molecule has 0 spiro atoms. The standard InChI is InChI=1S/C81H158O17P2/c1-8-10-11-12-13-14-15-30-36-41-50-57-64-80(85)98-77(69-92-79(84)63-56-49-44-43-47-54-61-74(7)9-2)71-96-100(89,90)94-67-75(82)66-93-99(87,88)95-70-76(97-81(86)65-58-51-42-37-32-27-23-19-17-21-25-29-34-39-46-53-60-73(5)6)68-91-78(83)62-55-48-40-35-31-26-22-18-16-20-24-28-33-38-45-52-59-72(3)4/h72-77,82H,8-71H2,1-7H3,(H,87,88)(H,89,90)/t74?,75-,76-,77-/m1/s1. The number of carbonyl (C=O) groups is 4. The van der Waals surface area contributed by atoms with E-state index in [1.54, 1.807) is 0 Å². The summed E-state index contributed by atoms with van der Waals surface area (Å²) < 4.78 is 68.7. The van der Waals surface area contributed by atoms with E-state index >= 15 is 0 Å². The minimum Gasteiger partial charge on any atom is -0.462 e. The van der Waals surface area contributed by atoms with Crippen LogP contribution in [0.5, 0.6) is 0 Å². The van der Waals surface area contributed by atoms with Crippen molar-refractivity contribution >= 4 is 39.5 Å². The molecule has 17 nitrogen and oxygen atoms in total. The number of phosphoric acid groups is 2. The molecule has 19 heteroatoms. The van der Waals surface area contributed by atoms with Crippen LogP contribution in [0.4, 0.5) is 0 Å². The number of hydrogen-bond donors (Lipinski definition) is 3. The fraction of sp³-hybridized carbons (Fsp3) is 0.951. The van der Waals surface area contributed by atoms with Crippen molar-refractivity contribution in [3.8, 4) is 0 Å². The van der Waals surface area contributed by atoms with Crippen molar-refractivity contribution in [2.45, 2.75) is 439 Å². The molecule has 0 saturated carbocycles. The van der Waals surface area contributed by atoms with Gasteiger partial charge in [-0.3, -0.25) is 37.3 Å². The molecule has 0 fully saturated rings. The zero-order valence-corrected chi connectivity index (χ0v) is 67.5. The smallest absolute Gasteiger partial charge is 0.462 e. The number of ether oxygens (including phenoxy) is 4. The maximum absolute atomic E-state index is 13.1. The molecule has 0 aliphatic rings. The van der Waals surface area contributed by atoms with Crippen molar-refractivity contribution in [1.82, 2.24) is 0 Å². The average molecular weight is 1470 g/mol. The Labute approximate surface area is 613 Å². The Morgan fingerprint density at radius 3 is 0.760 bits per heavy atom. The number of esters is 4. The highest BCUT2D eigenvalue weighted by atomic mass is 31.2. The van der Waals surface area contributed by atoms with Crippen LogP contribution in [-0.4, -0.2) is 96.7 Å². The molecule has 0 radical (unpaired) electrons. The Morgan fingerprint density at radius 1 is 0.290 bits per heavy atom. The molecule has 0 saturated heterocycles. The minimum absolute atomic E-state index is 0.106. The number of aliphatic hydroxyl groups excluding tert-OH is 1. The van der Waals surface area contributed by atoms with Crippen molar-refractivity contribution in [2.24, 2.45) is 17.8 Å². The van der Waals surface area contributed by atoms with E-state index in [0.29, 0.717) is 25.7 Å². The van der Waals surface area contributed by atoms with E-state index in [0.717, 1.165) is 114 Å². The number of carbonyl (C=O) groups excluding carboxylic acids is 4. The van der Waals surface area contributed by atoms with Crippen LogP contribution in [0, 0.1) is 17.8 Å². The van der Waals surface area contributed by atoms with Gasteiger partial charge in [0.2, 0.25) is 0 Å². The fourth-order valence-corrected chi connectivity index (χ4v) is 14.0. The quantitative estimate of drug-likeness (QED) is 0.0222. The maximum Gasteiger partial charge on any atom is 0.472 e. The second-order valence-corrected chi connectivity index (χ2v) is 33.3. The van der Waals surface area contributed by atoms with Gasteiger partial charge < -0.3 is 33.8 Å². The predicted octanol–water partition coefficient (Wildman–Crippen LogP) is 24.1. The van der Waals surface area contributed by atoms with Gasteiger partial charge in [0.05, 0.1) is 26.4 Å². The Morgan fingerprint density at radius 2 is 0.510 bits per heavy atom. The molecule has 0 aromatic rings. The summed E-state index contributed by atoms with van der Waals surface area (Å²) in [6.45, 7) is 12.0. The van der Waals surface area contributed by atoms with Crippen molar-refractivity contribution in [2.75, 3.05) is 39.6 Å². The maximum atomic E-state index is 13.1. The van der Waals surface area contributed by atoms with Gasteiger partial charge in [-0.05, 0) is 43.4 Å². The lowest BCUT2D eigenvalue weighted by molar-refractivity contribution is -0.161. The van der Waals surface area contributed by atoms with Crippen LogP contribution < -0.4 is 0 Å². The van der Waals surface area contributed by atoms with Crippen molar-refractivity contribution < 1.29 is 80.2 Å². The normalized spacial score (nSPS) is 14.2. The summed E-state index contributed by atoms with van der Waals surface area (Å²) in [6.07, 6.45) is 59.7. The number of aliphatic hydroxyl groups is 1. The van der Waals surface area contributed by atoms with Crippen LogP contribution in [0.2, 0.25) is 0 Å². The van der Waals surface area contributed by atoms with Crippen LogP contribution >= 0.6 is 15.6 Å². The molecule has 0 amide bonds. The van der Waals surface area contributed by atoms with Gasteiger partial charge in [-0.2, -0.15) is 0 Å². The van der Waals surface area contributed by atoms with Crippen molar-refractivity contribution in [3.05, 3.63) is 0 Å². The van der Waals surface area contributed by atoms with Gasteiger partial charge in [0.25, 0.3) is 0 Å². The number of unbranched alkanes of at least 4 members (excludes halogenated alkanes) is 46. The molecule has 594 valence electrons. The first-order valence-electron chi connectivity index (χ1n) is 41.9. The number of hydrogen-bond acceptors (Lipinski definition) is 15. The Bertz CT molecular complexity index is 1940. The van der Waals surface area contributed by atoms with E-state index in [2.05, 4.69) is 48.5 Å². The van der Waals surface area contributed by atoms with Gasteiger partial charge in [0.15, 0.2) is 12.2 Å². The van der Waals surface area contributed by atoms with Crippen molar-refractivity contribution in [1.29, 1.82) is 0 Å². The molecule has 100 heavy (non-hydrogen) atoms. The Hall–Kier alpha value is -1.94. The SMILES string of the molecule is CCCCCCCCCCCCCCC(=O)O[C@H](COC(=O)CCCCCCCCC(C)CC)COP(=O)(O)OC[C@H](O)COP(=O)(O)OC[C@@H](COC(=O)CCCCCCCCCCCCCCCCCCC(C)C)OC(=O)CCCCCCCCCCCCCCCCCCC(C)C. The third-order valence-corrected chi connectivity index (χ3v) is 21.1. The highest BCUT2D eigenvalue weighted by molar-refractivity contribution is 7.47. The molecule has 0 aromatic heterocycles. The number of rotatable bonds is 79. The Balaban J connectivity index is 5.23. The number of phosphoric ester groups is 2. The van der Waals surface area contributed by atoms with E-state index in [1.807, 2.05) is 0 Å². The van der Waals surface area contributed by atoms with E-state index in [-0.39, 0.29) is 25.7 Å². The molecule has 3 unspecified atom stereocenters. The monoisotopic (exact) mass is 1470 g/mol. The van der Waals surface area contributed by atoms with Crippen LogP contribution in [-0.2, 0) is 65.4 Å². The summed E-state index contributed by atoms with van der Waals surface area (Å²) in [4.78, 5) is 73.0. The first kappa shape index (κ1) is 98.1. The first-order valence-corrected chi connectivity index (χ1v) is 44.9. The van der Waals surface area contributed by atoms with E-state index in [9.17, 15) is 43.2 Å². The summed E-state index contributed by atoms with van der Waals surface area (Å²) in [7, 11) is -9.92. The van der Waals surface area contributed by atoms with Crippen LogP contribution in [0.15, 0.2) is 0 Å². The lowest BCUT2D eigenvalue weighted by Gasteiger charge is -2.21. The van der Waals surface area contributed by atoms with E-state index in [4.69, 9.17) is 37.0 Å². The zero-order valence-electron chi connectivity index (χ0n) is 65.7. The summed E-state index contributed by atoms with van der Waals surface area (Å²) in [5.41, 5.74) is 0. The summed E-state index contributed by atoms with van der Waals surface area (Å²) in [5.74, 6) is 0.242. The van der Waals surface area contributed by atoms with E-state index < -0.39 is 97.5 Å². The Kier molecular flexibility index (Phi) is 69.9. The summed E-state index contributed by atoms with van der Waals surface area (Å²) in [6, 6.07) is 0. The molecule has 0 bridgehead atoms. The minimum atomic E-state index is -4.96. The lowest BCUT2D eigenvalue weighted by Crippen LogP contribution is -2.30. The highest BCUT2D eigenvalue weighted by Gasteiger charge is 2.30. The van der Waals surface area contributed by atoms with Gasteiger partial charge in [-0.15, -0.1) is 0 Å². The van der Waals surface area contributed by atoms with Crippen LogP contribution in [0.25, 0.3) is 0 Å². The largest absolute Gasteiger partial charge is 0.472 e. The molecule has 0 heterocycles. The molecular formula is C81H158O17P2. The molecule has 0 rings (SSSR count). The molecule has 0 aliphatic heterocycles. The van der Waals surface area contributed by atoms with Gasteiger partial charge in [-0.25, -0.2) is 9.13 Å².